The third kappa shape index (κ3) is 2.43. The van der Waals surface area contributed by atoms with Gasteiger partial charge in [0.1, 0.15) is 11.6 Å². The molecule has 4 fully saturated rings. The largest absolute Gasteiger partial charge is 0.299 e. The van der Waals surface area contributed by atoms with E-state index in [0.29, 0.717) is 23.4 Å². The summed E-state index contributed by atoms with van der Waals surface area (Å²) in [7, 11) is 0. The van der Waals surface area contributed by atoms with E-state index in [1.165, 1.54) is 12.8 Å². The molecule has 4 atom stereocenters. The fourth-order valence-electron chi connectivity index (χ4n) is 7.40. The van der Waals surface area contributed by atoms with Crippen molar-refractivity contribution in [2.75, 3.05) is 0 Å². The molecule has 158 valence electrons. The van der Waals surface area contributed by atoms with Gasteiger partial charge in [-0.25, -0.2) is 0 Å². The summed E-state index contributed by atoms with van der Waals surface area (Å²) >= 11 is 0. The molecule has 30 heavy (non-hydrogen) atoms. The molecule has 4 saturated carbocycles. The highest BCUT2D eigenvalue weighted by Gasteiger charge is 2.63. The first-order valence-electron chi connectivity index (χ1n) is 11.7. The van der Waals surface area contributed by atoms with Crippen LogP contribution in [0.3, 0.4) is 0 Å². The van der Waals surface area contributed by atoms with Gasteiger partial charge in [-0.05, 0) is 59.5 Å². The molecule has 0 N–H and O–H groups in total. The van der Waals surface area contributed by atoms with Crippen molar-refractivity contribution in [3.05, 3.63) is 47.5 Å². The highest BCUT2D eigenvalue weighted by Crippen LogP contribution is 2.65. The molecule has 0 aliphatic heterocycles. The van der Waals surface area contributed by atoms with Gasteiger partial charge in [0.15, 0.2) is 0 Å². The lowest BCUT2D eigenvalue weighted by Gasteiger charge is -2.33. The molecule has 0 radical (unpaired) electrons. The van der Waals surface area contributed by atoms with E-state index in [9.17, 15) is 9.59 Å². The van der Waals surface area contributed by atoms with Gasteiger partial charge < -0.3 is 0 Å². The predicted molar refractivity (Wildman–Crippen MR) is 122 cm³/mol. The minimum absolute atomic E-state index is 0.0718. The van der Waals surface area contributed by atoms with Crippen LogP contribution in [0.25, 0.3) is 12.2 Å². The van der Waals surface area contributed by atoms with Crippen molar-refractivity contribution in [3.8, 4) is 0 Å². The molecule has 4 unspecified atom stereocenters. The topological polar surface area (TPSA) is 34.1 Å². The SMILES string of the molecule is CC1(C)C2CCC1(C=Cc1ccc(C=CC34CCC(CC3=O)C4(C)C)cc1)C(=O)C2. The van der Waals surface area contributed by atoms with Crippen LogP contribution in [0.1, 0.15) is 77.3 Å². The van der Waals surface area contributed by atoms with Gasteiger partial charge in [0.2, 0.25) is 0 Å². The molecule has 0 heterocycles. The van der Waals surface area contributed by atoms with Crippen LogP contribution < -0.4 is 0 Å². The van der Waals surface area contributed by atoms with Crippen LogP contribution in [0.2, 0.25) is 0 Å². The molecule has 4 bridgehead atoms. The molecule has 1 aromatic carbocycles. The number of hydrogen-bond donors (Lipinski definition) is 0. The summed E-state index contributed by atoms with van der Waals surface area (Å²) in [6.07, 6.45) is 14.5. The fraction of sp³-hybridized carbons (Fsp3) is 0.571. The first kappa shape index (κ1) is 20.0. The van der Waals surface area contributed by atoms with Gasteiger partial charge in [-0.1, -0.05) is 76.3 Å². The van der Waals surface area contributed by atoms with Gasteiger partial charge in [0, 0.05) is 12.8 Å². The minimum Gasteiger partial charge on any atom is -0.299 e. The summed E-state index contributed by atoms with van der Waals surface area (Å²) in [5.74, 6) is 1.94. The van der Waals surface area contributed by atoms with E-state index in [-0.39, 0.29) is 21.7 Å². The van der Waals surface area contributed by atoms with Crippen LogP contribution >= 0.6 is 0 Å². The first-order valence-corrected chi connectivity index (χ1v) is 11.7. The zero-order valence-electron chi connectivity index (χ0n) is 18.8. The standard InChI is InChI=1S/C28H34O2/c1-25(2)21-11-15-27(25,23(29)17-21)13-9-19-5-7-20(8-6-19)10-14-28-16-12-22(18-24(28)30)26(28,3)4/h5-10,13-14,21-22H,11-12,15-18H2,1-4H3. The molecular formula is C28H34O2. The number of hydrogen-bond acceptors (Lipinski definition) is 2. The van der Waals surface area contributed by atoms with Gasteiger partial charge in [-0.15, -0.1) is 0 Å². The smallest absolute Gasteiger partial charge is 0.143 e. The Kier molecular flexibility index (Phi) is 4.18. The quantitative estimate of drug-likeness (QED) is 0.576. The molecule has 4 aliphatic rings. The number of carbonyl (C=O) groups excluding carboxylic acids is 2. The van der Waals surface area contributed by atoms with E-state index in [2.05, 4.69) is 76.3 Å². The Balaban J connectivity index is 1.35. The third-order valence-corrected chi connectivity index (χ3v) is 10.0. The van der Waals surface area contributed by atoms with Gasteiger partial charge >= 0.3 is 0 Å². The average Bonchev–Trinajstić information content (AvgIpc) is 3.25. The molecule has 5 rings (SSSR count). The van der Waals surface area contributed by atoms with Crippen molar-refractivity contribution in [2.24, 2.45) is 33.5 Å². The van der Waals surface area contributed by atoms with Gasteiger partial charge in [0.05, 0.1) is 10.8 Å². The second-order valence-electron chi connectivity index (χ2n) is 11.4. The maximum atomic E-state index is 12.7. The van der Waals surface area contributed by atoms with Crippen molar-refractivity contribution in [3.63, 3.8) is 0 Å². The second kappa shape index (κ2) is 6.28. The van der Waals surface area contributed by atoms with E-state index in [1.54, 1.807) is 0 Å². The van der Waals surface area contributed by atoms with Crippen LogP contribution in [0, 0.1) is 33.5 Å². The normalized spacial score (nSPS) is 38.5. The van der Waals surface area contributed by atoms with E-state index in [0.717, 1.165) is 36.8 Å². The fourth-order valence-corrected chi connectivity index (χ4v) is 7.40. The molecule has 2 nitrogen and oxygen atoms in total. The molecule has 0 saturated heterocycles. The summed E-state index contributed by atoms with van der Waals surface area (Å²) < 4.78 is 0. The number of ketones is 2. The van der Waals surface area contributed by atoms with Crippen molar-refractivity contribution < 1.29 is 9.59 Å². The Labute approximate surface area is 180 Å². The van der Waals surface area contributed by atoms with E-state index in [1.807, 2.05) is 0 Å². The summed E-state index contributed by atoms with van der Waals surface area (Å²) in [4.78, 5) is 25.4. The van der Waals surface area contributed by atoms with E-state index in [4.69, 9.17) is 0 Å². The Morgan fingerprint density at radius 3 is 1.33 bits per heavy atom. The number of benzene rings is 1. The lowest BCUT2D eigenvalue weighted by atomic mass is 9.68. The molecule has 0 spiro atoms. The zero-order valence-corrected chi connectivity index (χ0v) is 18.8. The monoisotopic (exact) mass is 402 g/mol. The van der Waals surface area contributed by atoms with Crippen molar-refractivity contribution in [1.29, 1.82) is 0 Å². The van der Waals surface area contributed by atoms with Crippen molar-refractivity contribution in [1.82, 2.24) is 0 Å². The van der Waals surface area contributed by atoms with Gasteiger partial charge in [-0.2, -0.15) is 0 Å². The zero-order chi connectivity index (χ0) is 21.4. The van der Waals surface area contributed by atoms with Crippen molar-refractivity contribution >= 4 is 23.7 Å². The van der Waals surface area contributed by atoms with Crippen LogP contribution in [0.15, 0.2) is 36.4 Å². The van der Waals surface area contributed by atoms with Crippen LogP contribution in [0.4, 0.5) is 0 Å². The Hall–Kier alpha value is -1.96. The van der Waals surface area contributed by atoms with Crippen molar-refractivity contribution in [2.45, 2.75) is 66.2 Å². The highest BCUT2D eigenvalue weighted by molar-refractivity contribution is 5.93. The summed E-state index contributed by atoms with van der Waals surface area (Å²) in [5.41, 5.74) is 1.87. The number of fused-ring (bicyclic) bond motifs is 4. The first-order chi connectivity index (χ1) is 14.1. The molecule has 0 aromatic heterocycles. The number of allylic oxidation sites excluding steroid dienone is 2. The lowest BCUT2D eigenvalue weighted by Crippen LogP contribution is -2.33. The lowest BCUT2D eigenvalue weighted by molar-refractivity contribution is -0.127. The average molecular weight is 403 g/mol. The summed E-state index contributed by atoms with van der Waals surface area (Å²) in [5, 5.41) is 0. The van der Waals surface area contributed by atoms with Gasteiger partial charge in [-0.3, -0.25) is 9.59 Å². The third-order valence-electron chi connectivity index (χ3n) is 10.0. The van der Waals surface area contributed by atoms with E-state index >= 15 is 0 Å². The molecular weight excluding hydrogens is 368 g/mol. The highest BCUT2D eigenvalue weighted by atomic mass is 16.1. The Morgan fingerprint density at radius 1 is 0.700 bits per heavy atom. The molecule has 2 heteroatoms. The molecule has 1 aromatic rings. The Morgan fingerprint density at radius 2 is 1.07 bits per heavy atom. The number of Topliss-reactive ketones (excluding diaryl/α,β-unsaturated/α-hetero) is 2. The van der Waals surface area contributed by atoms with E-state index < -0.39 is 0 Å². The maximum Gasteiger partial charge on any atom is 0.143 e. The molecule has 4 aliphatic carbocycles. The summed E-state index contributed by atoms with van der Waals surface area (Å²) in [6, 6.07) is 8.51. The van der Waals surface area contributed by atoms with Crippen LogP contribution in [-0.2, 0) is 9.59 Å². The minimum atomic E-state index is -0.275. The van der Waals surface area contributed by atoms with Gasteiger partial charge in [0.25, 0.3) is 0 Å². The molecule has 0 amide bonds. The van der Waals surface area contributed by atoms with Crippen LogP contribution in [-0.4, -0.2) is 11.6 Å². The van der Waals surface area contributed by atoms with Crippen LogP contribution in [0.5, 0.6) is 0 Å². The second-order valence-corrected chi connectivity index (χ2v) is 11.4. The summed E-state index contributed by atoms with van der Waals surface area (Å²) in [6.45, 7) is 9.08. The number of rotatable bonds is 4. The number of carbonyl (C=O) groups is 2. The predicted octanol–water partition coefficient (Wildman–Crippen LogP) is 6.50. The maximum absolute atomic E-state index is 12.7. The Bertz CT molecular complexity index is 882.